The number of hydrogen-bond donors (Lipinski definition) is 1. The molecular weight excluding hydrogens is 324 g/mol. The third kappa shape index (κ3) is 3.58. The van der Waals surface area contributed by atoms with Gasteiger partial charge in [-0.1, -0.05) is 6.92 Å². The van der Waals surface area contributed by atoms with E-state index in [1.165, 1.54) is 11.3 Å². The van der Waals surface area contributed by atoms with E-state index < -0.39 is 0 Å². The Morgan fingerprint density at radius 1 is 1.29 bits per heavy atom. The Morgan fingerprint density at radius 3 is 2.75 bits per heavy atom. The highest BCUT2D eigenvalue weighted by Gasteiger charge is 2.19. The number of carbonyl (C=O) groups is 1. The average Bonchev–Trinajstić information content (AvgIpc) is 2.93. The van der Waals surface area contributed by atoms with Crippen molar-refractivity contribution < 1.29 is 9.53 Å². The van der Waals surface area contributed by atoms with E-state index in [1.807, 2.05) is 20.8 Å². The van der Waals surface area contributed by atoms with Gasteiger partial charge in [-0.25, -0.2) is 9.97 Å². The van der Waals surface area contributed by atoms with Crippen molar-refractivity contribution in [3.05, 3.63) is 22.0 Å². The van der Waals surface area contributed by atoms with E-state index in [0.717, 1.165) is 71.4 Å². The Bertz CT molecular complexity index is 738. The fourth-order valence-corrected chi connectivity index (χ4v) is 4.17. The minimum atomic E-state index is -0.0128. The van der Waals surface area contributed by atoms with Crippen molar-refractivity contribution in [1.82, 2.24) is 20.2 Å². The minimum Gasteiger partial charge on any atom is -0.379 e. The maximum atomic E-state index is 12.6. The van der Waals surface area contributed by atoms with Crippen LogP contribution in [0, 0.1) is 13.8 Å². The molecule has 1 amide bonds. The van der Waals surface area contributed by atoms with Gasteiger partial charge in [-0.3, -0.25) is 9.69 Å². The lowest BCUT2D eigenvalue weighted by molar-refractivity contribution is 0.0383. The van der Waals surface area contributed by atoms with E-state index in [1.54, 1.807) is 0 Å². The first-order chi connectivity index (χ1) is 11.6. The van der Waals surface area contributed by atoms with Crippen LogP contribution >= 0.6 is 11.3 Å². The van der Waals surface area contributed by atoms with Gasteiger partial charge in [-0.05, 0) is 19.4 Å². The number of rotatable bonds is 5. The molecule has 1 aliphatic rings. The molecule has 1 N–H and O–H groups in total. The smallest absolute Gasteiger partial charge is 0.261 e. The second kappa shape index (κ2) is 7.55. The summed E-state index contributed by atoms with van der Waals surface area (Å²) in [5.41, 5.74) is 1.94. The Balaban J connectivity index is 1.70. The fourth-order valence-electron chi connectivity index (χ4n) is 3.00. The Morgan fingerprint density at radius 2 is 2.04 bits per heavy atom. The molecule has 2 aromatic rings. The summed E-state index contributed by atoms with van der Waals surface area (Å²) in [5, 5.41) is 4.06. The van der Waals surface area contributed by atoms with Gasteiger partial charge in [-0.2, -0.15) is 0 Å². The molecule has 2 aromatic heterocycles. The van der Waals surface area contributed by atoms with Crippen molar-refractivity contribution in [3.8, 4) is 0 Å². The largest absolute Gasteiger partial charge is 0.379 e. The first kappa shape index (κ1) is 17.3. The van der Waals surface area contributed by atoms with Crippen LogP contribution in [0.25, 0.3) is 10.2 Å². The molecule has 24 heavy (non-hydrogen) atoms. The van der Waals surface area contributed by atoms with Gasteiger partial charge < -0.3 is 10.1 Å². The molecule has 0 atom stereocenters. The highest BCUT2D eigenvalue weighted by Crippen LogP contribution is 2.31. The first-order valence-electron chi connectivity index (χ1n) is 8.45. The zero-order valence-electron chi connectivity index (χ0n) is 14.5. The van der Waals surface area contributed by atoms with Crippen molar-refractivity contribution in [1.29, 1.82) is 0 Å². The normalized spacial score (nSPS) is 15.8. The van der Waals surface area contributed by atoms with Crippen molar-refractivity contribution in [2.45, 2.75) is 27.2 Å². The van der Waals surface area contributed by atoms with Crippen molar-refractivity contribution in [3.63, 3.8) is 0 Å². The summed E-state index contributed by atoms with van der Waals surface area (Å²) in [5.74, 6) is 0.821. The van der Waals surface area contributed by atoms with E-state index in [9.17, 15) is 4.79 Å². The quantitative estimate of drug-likeness (QED) is 0.894. The lowest BCUT2D eigenvalue weighted by Gasteiger charge is -2.26. The molecule has 1 aliphatic heterocycles. The zero-order valence-corrected chi connectivity index (χ0v) is 15.3. The minimum absolute atomic E-state index is 0.0128. The van der Waals surface area contributed by atoms with Gasteiger partial charge in [0.2, 0.25) is 0 Å². The van der Waals surface area contributed by atoms with E-state index in [-0.39, 0.29) is 5.91 Å². The fraction of sp³-hybridized carbons (Fsp3) is 0.588. The third-order valence-corrected chi connectivity index (χ3v) is 5.54. The molecule has 3 heterocycles. The molecule has 0 aromatic carbocycles. The molecule has 130 valence electrons. The molecular formula is C17H24N4O2S. The van der Waals surface area contributed by atoms with Gasteiger partial charge in [-0.15, -0.1) is 11.3 Å². The molecule has 0 spiro atoms. The number of carbonyl (C=O) groups excluding carboxylic acids is 1. The van der Waals surface area contributed by atoms with Crippen LogP contribution in [-0.2, 0) is 11.2 Å². The highest BCUT2D eigenvalue weighted by atomic mass is 32.1. The summed E-state index contributed by atoms with van der Waals surface area (Å²) < 4.78 is 5.34. The second-order valence-electron chi connectivity index (χ2n) is 6.03. The van der Waals surface area contributed by atoms with Crippen LogP contribution < -0.4 is 5.32 Å². The Hall–Kier alpha value is -1.57. The number of nitrogens with one attached hydrogen (secondary N) is 1. The van der Waals surface area contributed by atoms with Crippen LogP contribution in [-0.4, -0.2) is 60.2 Å². The molecule has 0 saturated carbocycles. The summed E-state index contributed by atoms with van der Waals surface area (Å²) >= 11 is 1.46. The molecule has 7 heteroatoms. The molecule has 0 unspecified atom stereocenters. The first-order valence-corrected chi connectivity index (χ1v) is 9.26. The van der Waals surface area contributed by atoms with Gasteiger partial charge in [0, 0.05) is 43.7 Å². The standard InChI is InChI=1S/C17H24N4O2S/c1-4-13-19-12(3)14-11(2)15(24-17(14)20-13)16(22)18-5-6-21-7-9-23-10-8-21/h4-10H2,1-3H3,(H,18,22). The summed E-state index contributed by atoms with van der Waals surface area (Å²) in [7, 11) is 0. The SMILES string of the molecule is CCc1nc(C)c2c(C)c(C(=O)NCCN3CCOCC3)sc2n1. The summed E-state index contributed by atoms with van der Waals surface area (Å²) in [6.07, 6.45) is 0.800. The van der Waals surface area contributed by atoms with Crippen LogP contribution in [0.3, 0.4) is 0 Å². The number of amides is 1. The number of aromatic nitrogens is 2. The average molecular weight is 348 g/mol. The van der Waals surface area contributed by atoms with E-state index in [4.69, 9.17) is 4.74 Å². The van der Waals surface area contributed by atoms with Crippen molar-refractivity contribution >= 4 is 27.5 Å². The molecule has 0 bridgehead atoms. The van der Waals surface area contributed by atoms with Crippen LogP contribution in [0.5, 0.6) is 0 Å². The molecule has 0 aliphatic carbocycles. The predicted molar refractivity (Wildman–Crippen MR) is 95.9 cm³/mol. The van der Waals surface area contributed by atoms with Gasteiger partial charge in [0.25, 0.3) is 5.91 Å². The number of fused-ring (bicyclic) bond motifs is 1. The van der Waals surface area contributed by atoms with Crippen LogP contribution in [0.15, 0.2) is 0 Å². The summed E-state index contributed by atoms with van der Waals surface area (Å²) in [6.45, 7) is 11.0. The Labute approximate surface area is 146 Å². The van der Waals surface area contributed by atoms with Crippen molar-refractivity contribution in [2.75, 3.05) is 39.4 Å². The maximum Gasteiger partial charge on any atom is 0.261 e. The van der Waals surface area contributed by atoms with E-state index in [0.29, 0.717) is 6.54 Å². The van der Waals surface area contributed by atoms with Gasteiger partial charge in [0.05, 0.1) is 18.1 Å². The predicted octanol–water partition coefficient (Wildman–Crippen LogP) is 1.93. The van der Waals surface area contributed by atoms with Gasteiger partial charge >= 0.3 is 0 Å². The molecule has 0 radical (unpaired) electrons. The topological polar surface area (TPSA) is 67.4 Å². The molecule has 3 rings (SSSR count). The number of thiophene rings is 1. The molecule has 6 nitrogen and oxygen atoms in total. The number of aryl methyl sites for hydroxylation is 3. The third-order valence-electron chi connectivity index (χ3n) is 4.36. The lowest BCUT2D eigenvalue weighted by atomic mass is 10.1. The zero-order chi connectivity index (χ0) is 17.1. The van der Waals surface area contributed by atoms with Gasteiger partial charge in [0.15, 0.2) is 0 Å². The van der Waals surface area contributed by atoms with Crippen LogP contribution in [0.4, 0.5) is 0 Å². The van der Waals surface area contributed by atoms with Crippen LogP contribution in [0.1, 0.15) is 33.7 Å². The number of morpholine rings is 1. The number of ether oxygens (including phenoxy) is 1. The van der Waals surface area contributed by atoms with Gasteiger partial charge in [0.1, 0.15) is 10.7 Å². The Kier molecular flexibility index (Phi) is 5.43. The molecule has 1 fully saturated rings. The molecule has 1 saturated heterocycles. The lowest BCUT2D eigenvalue weighted by Crippen LogP contribution is -2.41. The van der Waals surface area contributed by atoms with E-state index >= 15 is 0 Å². The summed E-state index contributed by atoms with van der Waals surface area (Å²) in [4.78, 5) is 25.6. The number of nitrogens with zero attached hydrogens (tertiary/aromatic N) is 3. The van der Waals surface area contributed by atoms with Crippen molar-refractivity contribution in [2.24, 2.45) is 0 Å². The monoisotopic (exact) mass is 348 g/mol. The van der Waals surface area contributed by atoms with E-state index in [2.05, 4.69) is 20.2 Å². The highest BCUT2D eigenvalue weighted by molar-refractivity contribution is 7.20. The maximum absolute atomic E-state index is 12.6. The second-order valence-corrected chi connectivity index (χ2v) is 7.02. The number of hydrogen-bond acceptors (Lipinski definition) is 6. The summed E-state index contributed by atoms with van der Waals surface area (Å²) in [6, 6.07) is 0. The van der Waals surface area contributed by atoms with Crippen LogP contribution in [0.2, 0.25) is 0 Å².